The highest BCUT2D eigenvalue weighted by atomic mass is 35.5. The molecule has 19 heavy (non-hydrogen) atoms. The number of rotatable bonds is 3. The number of alkyl halides is 3. The van der Waals surface area contributed by atoms with Crippen molar-refractivity contribution in [2.45, 2.75) is 6.18 Å². The summed E-state index contributed by atoms with van der Waals surface area (Å²) in [5.41, 5.74) is -1.48. The Kier molecular flexibility index (Phi) is 4.15. The van der Waals surface area contributed by atoms with E-state index in [0.29, 0.717) is 0 Å². The van der Waals surface area contributed by atoms with Gasteiger partial charge in [-0.1, -0.05) is 0 Å². The van der Waals surface area contributed by atoms with Crippen LogP contribution in [0.4, 0.5) is 18.9 Å². The number of carboxylic acid groups (broad SMARTS) is 1. The van der Waals surface area contributed by atoms with E-state index in [0.717, 1.165) is 18.2 Å². The number of hydrogen-bond donors (Lipinski definition) is 2. The van der Waals surface area contributed by atoms with Crippen LogP contribution < -0.4 is 5.32 Å². The second kappa shape index (κ2) is 5.27. The molecular weight excluding hydrogens is 291 g/mol. The number of carboxylic acids is 1. The third-order valence-electron chi connectivity index (χ3n) is 1.98. The van der Waals surface area contributed by atoms with Gasteiger partial charge in [0.1, 0.15) is 0 Å². The van der Waals surface area contributed by atoms with Crippen LogP contribution in [-0.2, 0) is 4.79 Å². The van der Waals surface area contributed by atoms with Gasteiger partial charge in [0.25, 0.3) is 5.24 Å². The average Bonchev–Trinajstić information content (AvgIpc) is 2.27. The minimum Gasteiger partial charge on any atom is -0.478 e. The van der Waals surface area contributed by atoms with Crippen LogP contribution in [0.1, 0.15) is 20.7 Å². The zero-order valence-electron chi connectivity index (χ0n) is 8.92. The standard InChI is InChI=1S/C10H5ClF3NO4/c11-7(16)4-1-2-6(5(3-4)8(17)18)15-9(19)10(12,13)14/h1-3H,(H,15,19)(H,17,18). The normalized spacial score (nSPS) is 10.9. The summed E-state index contributed by atoms with van der Waals surface area (Å²) in [7, 11) is 0. The van der Waals surface area contributed by atoms with Crippen molar-refractivity contribution in [1.82, 2.24) is 0 Å². The molecule has 0 atom stereocenters. The van der Waals surface area contributed by atoms with Crippen molar-refractivity contribution in [2.75, 3.05) is 5.32 Å². The summed E-state index contributed by atoms with van der Waals surface area (Å²) >= 11 is 5.11. The lowest BCUT2D eigenvalue weighted by Gasteiger charge is -2.10. The fourth-order valence-corrected chi connectivity index (χ4v) is 1.26. The Balaban J connectivity index is 3.18. The molecule has 0 radical (unpaired) electrons. The SMILES string of the molecule is O=C(Cl)c1ccc(NC(=O)C(F)(F)F)c(C(=O)O)c1. The van der Waals surface area contributed by atoms with Gasteiger partial charge in [-0.25, -0.2) is 4.79 Å². The third kappa shape index (κ3) is 3.68. The van der Waals surface area contributed by atoms with E-state index in [9.17, 15) is 27.6 Å². The smallest absolute Gasteiger partial charge is 0.471 e. The molecule has 0 saturated heterocycles. The number of aromatic carboxylic acids is 1. The van der Waals surface area contributed by atoms with E-state index in [2.05, 4.69) is 0 Å². The fourth-order valence-electron chi connectivity index (χ4n) is 1.15. The van der Waals surface area contributed by atoms with Crippen LogP contribution in [0.15, 0.2) is 18.2 Å². The summed E-state index contributed by atoms with van der Waals surface area (Å²) in [5.74, 6) is -3.93. The molecule has 1 aromatic rings. The zero-order chi connectivity index (χ0) is 14.8. The Hall–Kier alpha value is -2.09. The lowest BCUT2D eigenvalue weighted by Crippen LogP contribution is -2.30. The summed E-state index contributed by atoms with van der Waals surface area (Å²) in [6, 6.07) is 2.61. The van der Waals surface area contributed by atoms with E-state index < -0.39 is 34.5 Å². The molecule has 5 nitrogen and oxygen atoms in total. The van der Waals surface area contributed by atoms with Crippen molar-refractivity contribution in [2.24, 2.45) is 0 Å². The number of amides is 1. The van der Waals surface area contributed by atoms with Crippen LogP contribution in [0.5, 0.6) is 0 Å². The Morgan fingerprint density at radius 2 is 1.79 bits per heavy atom. The maximum Gasteiger partial charge on any atom is 0.471 e. The summed E-state index contributed by atoms with van der Waals surface area (Å²) in [4.78, 5) is 32.4. The molecule has 0 heterocycles. The Labute approximate surface area is 109 Å². The van der Waals surface area contributed by atoms with Gasteiger partial charge < -0.3 is 10.4 Å². The van der Waals surface area contributed by atoms with Crippen molar-refractivity contribution in [3.63, 3.8) is 0 Å². The van der Waals surface area contributed by atoms with Crippen LogP contribution in [-0.4, -0.2) is 28.4 Å². The lowest BCUT2D eigenvalue weighted by molar-refractivity contribution is -0.167. The van der Waals surface area contributed by atoms with Crippen molar-refractivity contribution in [3.05, 3.63) is 29.3 Å². The van der Waals surface area contributed by atoms with Crippen molar-refractivity contribution in [3.8, 4) is 0 Å². The van der Waals surface area contributed by atoms with Gasteiger partial charge in [-0.15, -0.1) is 0 Å². The predicted molar refractivity (Wildman–Crippen MR) is 58.3 cm³/mol. The first-order valence-electron chi connectivity index (χ1n) is 4.58. The topological polar surface area (TPSA) is 83.5 Å². The molecule has 0 spiro atoms. The molecule has 0 fully saturated rings. The van der Waals surface area contributed by atoms with E-state index in [1.54, 1.807) is 0 Å². The van der Waals surface area contributed by atoms with Gasteiger partial charge in [0.05, 0.1) is 11.3 Å². The third-order valence-corrected chi connectivity index (χ3v) is 2.20. The van der Waals surface area contributed by atoms with Gasteiger partial charge in [-0.05, 0) is 29.8 Å². The van der Waals surface area contributed by atoms with Crippen LogP contribution in [0.3, 0.4) is 0 Å². The van der Waals surface area contributed by atoms with E-state index in [1.807, 2.05) is 0 Å². The number of carbonyl (C=O) groups excluding carboxylic acids is 2. The first-order chi connectivity index (χ1) is 8.62. The maximum atomic E-state index is 12.0. The van der Waals surface area contributed by atoms with Crippen LogP contribution in [0.2, 0.25) is 0 Å². The molecule has 0 aliphatic carbocycles. The highest BCUT2D eigenvalue weighted by Crippen LogP contribution is 2.22. The molecule has 0 aliphatic rings. The first-order valence-corrected chi connectivity index (χ1v) is 4.96. The number of halogens is 4. The van der Waals surface area contributed by atoms with E-state index in [4.69, 9.17) is 16.7 Å². The summed E-state index contributed by atoms with van der Waals surface area (Å²) in [6.45, 7) is 0. The van der Waals surface area contributed by atoms with Crippen molar-refractivity contribution >= 4 is 34.4 Å². The molecule has 0 bridgehead atoms. The number of nitrogens with one attached hydrogen (secondary N) is 1. The highest BCUT2D eigenvalue weighted by Gasteiger charge is 2.39. The fraction of sp³-hybridized carbons (Fsp3) is 0.100. The molecule has 1 amide bonds. The average molecular weight is 296 g/mol. The Bertz CT molecular complexity index is 556. The monoisotopic (exact) mass is 295 g/mol. The lowest BCUT2D eigenvalue weighted by atomic mass is 10.1. The number of anilines is 1. The van der Waals surface area contributed by atoms with Gasteiger partial charge in [0, 0.05) is 5.56 Å². The molecule has 1 rings (SSSR count). The van der Waals surface area contributed by atoms with Gasteiger partial charge in [0.15, 0.2) is 0 Å². The zero-order valence-corrected chi connectivity index (χ0v) is 9.67. The molecule has 102 valence electrons. The molecule has 9 heteroatoms. The summed E-state index contributed by atoms with van der Waals surface area (Å²) < 4.78 is 36.1. The van der Waals surface area contributed by atoms with E-state index in [1.165, 1.54) is 5.32 Å². The predicted octanol–water partition coefficient (Wildman–Crippen LogP) is 2.26. The minimum absolute atomic E-state index is 0.218. The quantitative estimate of drug-likeness (QED) is 0.838. The van der Waals surface area contributed by atoms with Crippen LogP contribution in [0, 0.1) is 0 Å². The highest BCUT2D eigenvalue weighted by molar-refractivity contribution is 6.67. The second-order valence-corrected chi connectivity index (χ2v) is 3.63. The van der Waals surface area contributed by atoms with Gasteiger partial charge in [0.2, 0.25) is 0 Å². The second-order valence-electron chi connectivity index (χ2n) is 3.29. The largest absolute Gasteiger partial charge is 0.478 e. The van der Waals surface area contributed by atoms with Gasteiger partial charge in [-0.2, -0.15) is 13.2 Å². The number of carbonyl (C=O) groups is 3. The van der Waals surface area contributed by atoms with Crippen molar-refractivity contribution < 1.29 is 32.7 Å². The Morgan fingerprint density at radius 3 is 2.21 bits per heavy atom. The number of benzene rings is 1. The first kappa shape index (κ1) is 15.0. The van der Waals surface area contributed by atoms with E-state index >= 15 is 0 Å². The molecule has 0 aliphatic heterocycles. The minimum atomic E-state index is -5.16. The molecule has 1 aromatic carbocycles. The summed E-state index contributed by atoms with van der Waals surface area (Å²) in [5, 5.41) is 9.22. The molecular formula is C10H5ClF3NO4. The summed E-state index contributed by atoms with van der Waals surface area (Å²) in [6.07, 6.45) is -5.16. The van der Waals surface area contributed by atoms with Crippen LogP contribution >= 0.6 is 11.6 Å². The number of hydrogen-bond acceptors (Lipinski definition) is 3. The van der Waals surface area contributed by atoms with Gasteiger partial charge in [-0.3, -0.25) is 9.59 Å². The van der Waals surface area contributed by atoms with Gasteiger partial charge >= 0.3 is 18.1 Å². The molecule has 0 unspecified atom stereocenters. The molecule has 0 saturated carbocycles. The Morgan fingerprint density at radius 1 is 1.21 bits per heavy atom. The molecule has 0 aromatic heterocycles. The van der Waals surface area contributed by atoms with Crippen LogP contribution in [0.25, 0.3) is 0 Å². The maximum absolute atomic E-state index is 12.0. The van der Waals surface area contributed by atoms with E-state index in [-0.39, 0.29) is 5.56 Å². The van der Waals surface area contributed by atoms with Crippen molar-refractivity contribution in [1.29, 1.82) is 0 Å². The molecule has 2 N–H and O–H groups in total.